The Labute approximate surface area is 161 Å². The van der Waals surface area contributed by atoms with E-state index in [2.05, 4.69) is 5.32 Å². The predicted molar refractivity (Wildman–Crippen MR) is 105 cm³/mol. The monoisotopic (exact) mass is 383 g/mol. The van der Waals surface area contributed by atoms with Crippen LogP contribution in [0.25, 0.3) is 10.8 Å². The summed E-state index contributed by atoms with van der Waals surface area (Å²) in [5.41, 5.74) is 1.12. The average Bonchev–Trinajstić information content (AvgIpc) is 2.67. The van der Waals surface area contributed by atoms with Crippen LogP contribution in [0.4, 0.5) is 0 Å². The van der Waals surface area contributed by atoms with Gasteiger partial charge in [-0.3, -0.25) is 4.79 Å². The average molecular weight is 384 g/mol. The number of benzene rings is 3. The third kappa shape index (κ3) is 4.20. The molecule has 1 amide bonds. The van der Waals surface area contributed by atoms with Crippen molar-refractivity contribution >= 4 is 34.2 Å². The first kappa shape index (κ1) is 18.7. The lowest BCUT2D eigenvalue weighted by Crippen LogP contribution is -2.42. The Morgan fingerprint density at radius 3 is 2.56 bits per heavy atom. The first-order chi connectivity index (χ1) is 13.0. The normalized spacial score (nSPS) is 11.8. The number of hydrogen-bond donors (Lipinski definition) is 2. The number of rotatable bonds is 6. The second-order valence-electron chi connectivity index (χ2n) is 6.06. The summed E-state index contributed by atoms with van der Waals surface area (Å²) in [6.45, 7) is 0. The number of methoxy groups -OCH3 is 1. The van der Waals surface area contributed by atoms with Gasteiger partial charge in [-0.05, 0) is 34.5 Å². The summed E-state index contributed by atoms with van der Waals surface area (Å²) in [4.78, 5) is 24.4. The lowest BCUT2D eigenvalue weighted by Gasteiger charge is -2.16. The molecule has 0 fully saturated rings. The van der Waals surface area contributed by atoms with E-state index < -0.39 is 17.9 Å². The van der Waals surface area contributed by atoms with Crippen LogP contribution in [0.3, 0.4) is 0 Å². The first-order valence-corrected chi connectivity index (χ1v) is 8.71. The number of nitrogens with one attached hydrogen (secondary N) is 1. The predicted octanol–water partition coefficient (Wildman–Crippen LogP) is 3.93. The standard InChI is InChI=1S/C21H18ClNO4/c1-27-19-10-9-13(11-17(19)22)12-18(21(25)26)23-20(24)16-8-4-6-14-5-2-3-7-15(14)16/h2-11,18H,12H2,1H3,(H,23,24)(H,25,26)/t18-/m0/s1. The van der Waals surface area contributed by atoms with Crippen LogP contribution in [-0.4, -0.2) is 30.1 Å². The Balaban J connectivity index is 1.83. The van der Waals surface area contributed by atoms with E-state index in [1.807, 2.05) is 30.3 Å². The summed E-state index contributed by atoms with van der Waals surface area (Å²) in [6, 6.07) is 16.8. The number of carbonyl (C=O) groups is 2. The Hall–Kier alpha value is -3.05. The zero-order valence-electron chi connectivity index (χ0n) is 14.6. The molecule has 0 aliphatic heterocycles. The summed E-state index contributed by atoms with van der Waals surface area (Å²) < 4.78 is 5.10. The molecule has 1 atom stereocenters. The van der Waals surface area contributed by atoms with Crippen LogP contribution in [-0.2, 0) is 11.2 Å². The molecule has 3 rings (SSSR count). The fraction of sp³-hybridized carbons (Fsp3) is 0.143. The number of carboxylic acid groups (broad SMARTS) is 1. The SMILES string of the molecule is COc1ccc(C[C@H](NC(=O)c2cccc3ccccc23)C(=O)O)cc1Cl. The summed E-state index contributed by atoms with van der Waals surface area (Å²) in [6.07, 6.45) is 0.107. The largest absolute Gasteiger partial charge is 0.495 e. The van der Waals surface area contributed by atoms with Gasteiger partial charge in [0.25, 0.3) is 5.91 Å². The van der Waals surface area contributed by atoms with Crippen molar-refractivity contribution in [3.8, 4) is 5.75 Å². The molecule has 0 radical (unpaired) electrons. The maximum absolute atomic E-state index is 12.7. The number of amides is 1. The topological polar surface area (TPSA) is 75.6 Å². The van der Waals surface area contributed by atoms with E-state index in [4.69, 9.17) is 16.3 Å². The van der Waals surface area contributed by atoms with E-state index in [0.717, 1.165) is 10.8 Å². The highest BCUT2D eigenvalue weighted by atomic mass is 35.5. The zero-order valence-corrected chi connectivity index (χ0v) is 15.4. The second kappa shape index (κ2) is 8.10. The van der Waals surface area contributed by atoms with Crippen molar-refractivity contribution in [2.24, 2.45) is 0 Å². The van der Waals surface area contributed by atoms with E-state index >= 15 is 0 Å². The molecule has 3 aromatic carbocycles. The van der Waals surface area contributed by atoms with Crippen LogP contribution in [0, 0.1) is 0 Å². The molecule has 0 saturated heterocycles. The van der Waals surface area contributed by atoms with Gasteiger partial charge in [0.1, 0.15) is 11.8 Å². The summed E-state index contributed by atoms with van der Waals surface area (Å²) in [5.74, 6) is -1.04. The Morgan fingerprint density at radius 2 is 1.85 bits per heavy atom. The van der Waals surface area contributed by atoms with E-state index in [9.17, 15) is 14.7 Å². The number of hydrogen-bond acceptors (Lipinski definition) is 3. The van der Waals surface area contributed by atoms with E-state index in [-0.39, 0.29) is 6.42 Å². The fourth-order valence-electron chi connectivity index (χ4n) is 2.93. The number of carbonyl (C=O) groups excluding carboxylic acids is 1. The van der Waals surface area contributed by atoms with Gasteiger partial charge in [-0.2, -0.15) is 0 Å². The smallest absolute Gasteiger partial charge is 0.326 e. The van der Waals surface area contributed by atoms with Crippen LogP contribution in [0.1, 0.15) is 15.9 Å². The molecular formula is C21H18ClNO4. The molecule has 6 heteroatoms. The number of aliphatic carboxylic acids is 1. The van der Waals surface area contributed by atoms with Crippen molar-refractivity contribution in [3.05, 3.63) is 76.8 Å². The molecule has 27 heavy (non-hydrogen) atoms. The molecule has 0 bridgehead atoms. The molecule has 138 valence electrons. The lowest BCUT2D eigenvalue weighted by atomic mass is 10.0. The van der Waals surface area contributed by atoms with Crippen molar-refractivity contribution in [1.29, 1.82) is 0 Å². The Morgan fingerprint density at radius 1 is 1.11 bits per heavy atom. The van der Waals surface area contributed by atoms with Crippen LogP contribution < -0.4 is 10.1 Å². The van der Waals surface area contributed by atoms with Gasteiger partial charge >= 0.3 is 5.97 Å². The highest BCUT2D eigenvalue weighted by Crippen LogP contribution is 2.25. The third-order valence-corrected chi connectivity index (χ3v) is 4.59. The number of carboxylic acids is 1. The number of ether oxygens (including phenoxy) is 1. The van der Waals surface area contributed by atoms with Crippen LogP contribution in [0.5, 0.6) is 5.75 Å². The minimum absolute atomic E-state index is 0.107. The number of fused-ring (bicyclic) bond motifs is 1. The van der Waals surface area contributed by atoms with Gasteiger partial charge in [0, 0.05) is 12.0 Å². The highest BCUT2D eigenvalue weighted by Gasteiger charge is 2.22. The molecule has 2 N–H and O–H groups in total. The molecule has 3 aromatic rings. The van der Waals surface area contributed by atoms with Crippen LogP contribution in [0.15, 0.2) is 60.7 Å². The van der Waals surface area contributed by atoms with Gasteiger partial charge in [0.05, 0.1) is 12.1 Å². The second-order valence-corrected chi connectivity index (χ2v) is 6.47. The van der Waals surface area contributed by atoms with Crippen molar-refractivity contribution in [2.75, 3.05) is 7.11 Å². The molecule has 0 heterocycles. The van der Waals surface area contributed by atoms with Crippen molar-refractivity contribution in [2.45, 2.75) is 12.5 Å². The van der Waals surface area contributed by atoms with E-state index in [1.54, 1.807) is 30.3 Å². The third-order valence-electron chi connectivity index (χ3n) is 4.29. The highest BCUT2D eigenvalue weighted by molar-refractivity contribution is 6.32. The summed E-state index contributed by atoms with van der Waals surface area (Å²) in [7, 11) is 1.51. The summed E-state index contributed by atoms with van der Waals surface area (Å²) >= 11 is 6.10. The van der Waals surface area contributed by atoms with Crippen molar-refractivity contribution < 1.29 is 19.4 Å². The molecule has 0 unspecified atom stereocenters. The molecule has 0 aromatic heterocycles. The maximum Gasteiger partial charge on any atom is 0.326 e. The van der Waals surface area contributed by atoms with Gasteiger partial charge in [0.2, 0.25) is 0 Å². The molecule has 0 aliphatic rings. The minimum atomic E-state index is -1.12. The molecule has 0 aliphatic carbocycles. The van der Waals surface area contributed by atoms with Crippen molar-refractivity contribution in [1.82, 2.24) is 5.32 Å². The maximum atomic E-state index is 12.7. The van der Waals surface area contributed by atoms with Gasteiger partial charge in [0.15, 0.2) is 0 Å². The molecule has 0 saturated carbocycles. The van der Waals surface area contributed by atoms with Gasteiger partial charge in [-0.1, -0.05) is 54.1 Å². The minimum Gasteiger partial charge on any atom is -0.495 e. The number of halogens is 1. The van der Waals surface area contributed by atoms with Crippen LogP contribution in [0.2, 0.25) is 5.02 Å². The first-order valence-electron chi connectivity index (χ1n) is 8.33. The Bertz CT molecular complexity index is 997. The van der Waals surface area contributed by atoms with Crippen LogP contribution >= 0.6 is 11.6 Å². The van der Waals surface area contributed by atoms with Gasteiger partial charge < -0.3 is 15.2 Å². The van der Waals surface area contributed by atoms with E-state index in [0.29, 0.717) is 21.9 Å². The molecule has 5 nitrogen and oxygen atoms in total. The lowest BCUT2D eigenvalue weighted by molar-refractivity contribution is -0.139. The van der Waals surface area contributed by atoms with Gasteiger partial charge in [-0.15, -0.1) is 0 Å². The zero-order chi connectivity index (χ0) is 19.4. The fourth-order valence-corrected chi connectivity index (χ4v) is 3.21. The van der Waals surface area contributed by atoms with Crippen molar-refractivity contribution in [3.63, 3.8) is 0 Å². The van der Waals surface area contributed by atoms with E-state index in [1.165, 1.54) is 7.11 Å². The summed E-state index contributed by atoms with van der Waals surface area (Å²) in [5, 5.41) is 14.2. The molecule has 0 spiro atoms. The quantitative estimate of drug-likeness (QED) is 0.676. The molecular weight excluding hydrogens is 366 g/mol. The van der Waals surface area contributed by atoms with Gasteiger partial charge in [-0.25, -0.2) is 4.79 Å². The Kier molecular flexibility index (Phi) is 5.62.